The highest BCUT2D eigenvalue weighted by Crippen LogP contribution is 1.95. The molecule has 0 saturated heterocycles. The van der Waals surface area contributed by atoms with E-state index >= 15 is 0 Å². The molecule has 0 fully saturated rings. The van der Waals surface area contributed by atoms with Crippen LogP contribution in [0.25, 0.3) is 0 Å². The van der Waals surface area contributed by atoms with Crippen LogP contribution in [-0.2, 0) is 0 Å². The third kappa shape index (κ3) is 92.7. The summed E-state index contributed by atoms with van der Waals surface area (Å²) >= 11 is 0. The molecule has 0 rings (SSSR count). The second-order valence-corrected chi connectivity index (χ2v) is 2.12. The SMILES string of the molecule is C.C.C.C.CCPC. The van der Waals surface area contributed by atoms with Crippen LogP contribution in [0.4, 0.5) is 0 Å². The zero-order chi connectivity index (χ0) is 3.41. The first-order valence-corrected chi connectivity index (χ1v) is 3.27. The quantitative estimate of drug-likeness (QED) is 0.485. The zero-order valence-electron chi connectivity index (χ0n) is 3.21. The summed E-state index contributed by atoms with van der Waals surface area (Å²) in [6.45, 7) is 4.40. The molecule has 1 unspecified atom stereocenters. The van der Waals surface area contributed by atoms with Gasteiger partial charge in [0, 0.05) is 0 Å². The molecule has 0 amide bonds. The van der Waals surface area contributed by atoms with Gasteiger partial charge in [-0.1, -0.05) is 36.6 Å². The van der Waals surface area contributed by atoms with Gasteiger partial charge in [-0.2, -0.15) is 0 Å². The molecule has 1 heteroatoms. The minimum Gasteiger partial charge on any atom is -0.126 e. The second kappa shape index (κ2) is 52.0. The van der Waals surface area contributed by atoms with Crippen molar-refractivity contribution in [1.82, 2.24) is 0 Å². The molecule has 58 valence electrons. The highest BCUT2D eigenvalue weighted by Gasteiger charge is 1.55. The maximum atomic E-state index is 2.21. The lowest BCUT2D eigenvalue weighted by atomic mass is 11.0. The molecular weight excluding hydrogens is 115 g/mol. The van der Waals surface area contributed by atoms with Crippen molar-refractivity contribution >= 4 is 8.58 Å². The molecule has 0 aromatic heterocycles. The average molecular weight is 140 g/mol. The average Bonchev–Trinajstić information content (AvgIpc) is 1.37. The van der Waals surface area contributed by atoms with Gasteiger partial charge >= 0.3 is 0 Å². The van der Waals surface area contributed by atoms with E-state index in [9.17, 15) is 0 Å². The lowest BCUT2D eigenvalue weighted by molar-refractivity contribution is 1.52. The highest BCUT2D eigenvalue weighted by atomic mass is 31.1. The van der Waals surface area contributed by atoms with E-state index in [4.69, 9.17) is 0 Å². The van der Waals surface area contributed by atoms with Crippen molar-refractivity contribution < 1.29 is 0 Å². The topological polar surface area (TPSA) is 0 Å². The van der Waals surface area contributed by atoms with Crippen LogP contribution in [0.3, 0.4) is 0 Å². The summed E-state index contributed by atoms with van der Waals surface area (Å²) in [5, 5.41) is 0. The lowest BCUT2D eigenvalue weighted by Crippen LogP contribution is -1.47. The van der Waals surface area contributed by atoms with Crippen LogP contribution in [0, 0.1) is 0 Å². The molecule has 0 heterocycles. The Morgan fingerprint density at radius 3 is 1.12 bits per heavy atom. The van der Waals surface area contributed by atoms with Crippen molar-refractivity contribution in [2.75, 3.05) is 12.8 Å². The van der Waals surface area contributed by atoms with E-state index in [0.29, 0.717) is 0 Å². The standard InChI is InChI=1S/C3H9P.4CH4/c1-3-4-2;;;;/h4H,3H2,1-2H3;4*1H4. The van der Waals surface area contributed by atoms with Gasteiger partial charge < -0.3 is 0 Å². The summed E-state index contributed by atoms with van der Waals surface area (Å²) in [7, 11) is 1.14. The fraction of sp³-hybridized carbons (Fsp3) is 1.00. The number of hydrogen-bond acceptors (Lipinski definition) is 0. The predicted octanol–water partition coefficient (Wildman–Crippen LogP) is 3.86. The van der Waals surface area contributed by atoms with Gasteiger partial charge in [-0.3, -0.25) is 0 Å². The first kappa shape index (κ1) is 39.6. The van der Waals surface area contributed by atoms with Crippen LogP contribution in [0.5, 0.6) is 0 Å². The van der Waals surface area contributed by atoms with Crippen molar-refractivity contribution in [3.8, 4) is 0 Å². The van der Waals surface area contributed by atoms with Crippen molar-refractivity contribution in [2.45, 2.75) is 36.6 Å². The summed E-state index contributed by atoms with van der Waals surface area (Å²) in [6.07, 6.45) is 1.35. The molecule has 0 spiro atoms. The van der Waals surface area contributed by atoms with Gasteiger partial charge in [0.1, 0.15) is 0 Å². The molecule has 0 aliphatic rings. The zero-order valence-corrected chi connectivity index (χ0v) is 4.21. The summed E-state index contributed by atoms with van der Waals surface area (Å²) in [4.78, 5) is 0. The van der Waals surface area contributed by atoms with Crippen LogP contribution in [-0.4, -0.2) is 12.8 Å². The molecule has 0 aliphatic carbocycles. The third-order valence-corrected chi connectivity index (χ3v) is 1.06. The molecule has 0 bridgehead atoms. The lowest BCUT2D eigenvalue weighted by Gasteiger charge is -1.69. The van der Waals surface area contributed by atoms with Crippen LogP contribution in [0.15, 0.2) is 0 Å². The number of hydrogen-bond donors (Lipinski definition) is 0. The fourth-order valence-electron chi connectivity index (χ4n) is 0. The molecule has 0 aromatic carbocycles. The van der Waals surface area contributed by atoms with E-state index in [1.807, 2.05) is 0 Å². The molecule has 0 N–H and O–H groups in total. The summed E-state index contributed by atoms with van der Waals surface area (Å²) in [6, 6.07) is 0. The monoisotopic (exact) mass is 140 g/mol. The second-order valence-electron chi connectivity index (χ2n) is 0.707. The van der Waals surface area contributed by atoms with E-state index in [2.05, 4.69) is 13.6 Å². The molecule has 0 saturated carbocycles. The Morgan fingerprint density at radius 2 is 1.12 bits per heavy atom. The minimum absolute atomic E-state index is 0. The van der Waals surface area contributed by atoms with Gasteiger partial charge in [0.15, 0.2) is 0 Å². The highest BCUT2D eigenvalue weighted by molar-refractivity contribution is 7.36. The van der Waals surface area contributed by atoms with E-state index < -0.39 is 0 Å². The van der Waals surface area contributed by atoms with E-state index in [0.717, 1.165) is 8.58 Å². The van der Waals surface area contributed by atoms with Crippen molar-refractivity contribution in [1.29, 1.82) is 0 Å². The Labute approximate surface area is 58.9 Å². The molecule has 1 atom stereocenters. The fourth-order valence-corrected chi connectivity index (χ4v) is 0. The Balaban J connectivity index is -0.00000000750. The Bertz CT molecular complexity index is 6.35. The summed E-state index contributed by atoms with van der Waals surface area (Å²) in [5.74, 6) is 0. The van der Waals surface area contributed by atoms with Gasteiger partial charge in [0.05, 0.1) is 0 Å². The number of rotatable bonds is 1. The van der Waals surface area contributed by atoms with E-state index in [1.165, 1.54) is 6.16 Å². The van der Waals surface area contributed by atoms with Crippen LogP contribution >= 0.6 is 8.58 Å². The smallest absolute Gasteiger partial charge is 0.0385 e. The molecule has 0 aliphatic heterocycles. The molecule has 0 radical (unpaired) electrons. The summed E-state index contributed by atoms with van der Waals surface area (Å²) < 4.78 is 0. The van der Waals surface area contributed by atoms with Gasteiger partial charge in [-0.25, -0.2) is 0 Å². The summed E-state index contributed by atoms with van der Waals surface area (Å²) in [5.41, 5.74) is 0. The largest absolute Gasteiger partial charge is 0.126 e. The molecule has 8 heavy (non-hydrogen) atoms. The Morgan fingerprint density at radius 1 is 1.00 bits per heavy atom. The van der Waals surface area contributed by atoms with E-state index in [-0.39, 0.29) is 29.7 Å². The van der Waals surface area contributed by atoms with Gasteiger partial charge in [0.2, 0.25) is 0 Å². The van der Waals surface area contributed by atoms with Crippen LogP contribution in [0.1, 0.15) is 36.6 Å². The van der Waals surface area contributed by atoms with Gasteiger partial charge in [-0.15, -0.1) is 8.58 Å². The Hall–Kier alpha value is 0.430. The van der Waals surface area contributed by atoms with Crippen molar-refractivity contribution in [2.24, 2.45) is 0 Å². The van der Waals surface area contributed by atoms with Crippen LogP contribution < -0.4 is 0 Å². The molecule has 0 aromatic rings. The molecular formula is C7H25P. The van der Waals surface area contributed by atoms with Gasteiger partial charge in [0.25, 0.3) is 0 Å². The first-order valence-electron chi connectivity index (χ1n) is 1.56. The van der Waals surface area contributed by atoms with Crippen LogP contribution in [0.2, 0.25) is 0 Å². The predicted molar refractivity (Wildman–Crippen MR) is 51.7 cm³/mol. The normalized spacial score (nSPS) is 5.25. The third-order valence-electron chi connectivity index (χ3n) is 0.354. The molecule has 0 nitrogen and oxygen atoms in total. The maximum absolute atomic E-state index is 2.21. The van der Waals surface area contributed by atoms with Crippen molar-refractivity contribution in [3.05, 3.63) is 0 Å². The maximum Gasteiger partial charge on any atom is -0.0385 e. The van der Waals surface area contributed by atoms with E-state index in [1.54, 1.807) is 0 Å². The Kier molecular flexibility index (Phi) is 257. The first-order chi connectivity index (χ1) is 1.91. The van der Waals surface area contributed by atoms with Crippen molar-refractivity contribution in [3.63, 3.8) is 0 Å². The van der Waals surface area contributed by atoms with Gasteiger partial charge in [-0.05, 0) is 12.8 Å². The minimum atomic E-state index is 0.